The first kappa shape index (κ1) is 35.4. The number of carbonyl (C=O) groups excluding carboxylic acids is 1. The molecule has 1 aliphatic rings. The van der Waals surface area contributed by atoms with Gasteiger partial charge in [-0.1, -0.05) is 67.6 Å². The molecule has 1 saturated carbocycles. The number of ether oxygens (including phenoxy) is 1. The molecule has 0 atom stereocenters. The Morgan fingerprint density at radius 3 is 2.33 bits per heavy atom. The van der Waals surface area contributed by atoms with Crippen LogP contribution in [0.2, 0.25) is 5.02 Å². The highest BCUT2D eigenvalue weighted by atomic mass is 35.5. The maximum Gasteiger partial charge on any atom is 0.329 e. The first-order valence-corrected chi connectivity index (χ1v) is 14.3. The van der Waals surface area contributed by atoms with E-state index in [4.69, 9.17) is 21.3 Å². The molecule has 0 bridgehead atoms. The lowest BCUT2D eigenvalue weighted by Crippen LogP contribution is -2.54. The van der Waals surface area contributed by atoms with Crippen molar-refractivity contribution in [2.75, 3.05) is 27.2 Å². The van der Waals surface area contributed by atoms with Crippen molar-refractivity contribution in [1.29, 1.82) is 0 Å². The number of pyridine rings is 1. The number of hydrogen-bond donors (Lipinski definition) is 2. The van der Waals surface area contributed by atoms with Crippen LogP contribution in [0.5, 0.6) is 5.75 Å². The third-order valence-electron chi connectivity index (χ3n) is 7.49. The van der Waals surface area contributed by atoms with Gasteiger partial charge >= 0.3 is 5.97 Å². The Morgan fingerprint density at radius 2 is 1.69 bits per heavy atom. The minimum atomic E-state index is -1.28. The topological polar surface area (TPSA) is 91.8 Å². The highest BCUT2D eigenvalue weighted by molar-refractivity contribution is 6.32. The lowest BCUT2D eigenvalue weighted by atomic mass is 9.90. The van der Waals surface area contributed by atoms with E-state index in [0.717, 1.165) is 60.9 Å². The van der Waals surface area contributed by atoms with Gasteiger partial charge in [-0.05, 0) is 75.7 Å². The Kier molecular flexibility index (Phi) is 13.6. The number of carboxylic acid groups (broad SMARTS) is 1. The van der Waals surface area contributed by atoms with E-state index in [1.807, 2.05) is 63.5 Å². The van der Waals surface area contributed by atoms with Crippen molar-refractivity contribution in [3.63, 3.8) is 0 Å². The van der Waals surface area contributed by atoms with Gasteiger partial charge in [0.2, 0.25) is 0 Å². The van der Waals surface area contributed by atoms with Crippen molar-refractivity contribution >= 4 is 48.3 Å². The first-order valence-electron chi connectivity index (χ1n) is 13.9. The lowest BCUT2D eigenvalue weighted by molar-refractivity contribution is -0.145. The second-order valence-electron chi connectivity index (χ2n) is 10.8. The number of aliphatic carboxylic acids is 1. The summed E-state index contributed by atoms with van der Waals surface area (Å²) in [7, 11) is 4.03. The van der Waals surface area contributed by atoms with Gasteiger partial charge in [-0.3, -0.25) is 4.79 Å². The number of carbonyl (C=O) groups is 2. The van der Waals surface area contributed by atoms with E-state index >= 15 is 0 Å². The molecule has 2 aromatic carbocycles. The van der Waals surface area contributed by atoms with Crippen molar-refractivity contribution in [2.45, 2.75) is 57.4 Å². The van der Waals surface area contributed by atoms with Crippen molar-refractivity contribution in [1.82, 2.24) is 15.2 Å². The van der Waals surface area contributed by atoms with Crippen molar-refractivity contribution in [3.8, 4) is 28.1 Å². The molecule has 7 nitrogen and oxygen atoms in total. The van der Waals surface area contributed by atoms with Crippen LogP contribution in [-0.4, -0.2) is 59.7 Å². The molecule has 2 N–H and O–H groups in total. The van der Waals surface area contributed by atoms with Crippen LogP contribution in [0.4, 0.5) is 0 Å². The van der Waals surface area contributed by atoms with E-state index in [1.54, 1.807) is 12.1 Å². The summed E-state index contributed by atoms with van der Waals surface area (Å²) in [5.74, 6) is -0.933. The zero-order chi connectivity index (χ0) is 28.7. The Bertz CT molecular complexity index is 1360. The molecule has 1 amide bonds. The van der Waals surface area contributed by atoms with E-state index in [2.05, 4.69) is 10.2 Å². The largest absolute Gasteiger partial charge is 0.492 e. The van der Waals surface area contributed by atoms with Gasteiger partial charge < -0.3 is 20.1 Å². The molecule has 0 spiro atoms. The predicted octanol–water partition coefficient (Wildman–Crippen LogP) is 7.46. The van der Waals surface area contributed by atoms with Gasteiger partial charge in [-0.25, -0.2) is 9.78 Å². The number of halogens is 3. The number of nitrogens with zero attached hydrogens (tertiary/aromatic N) is 2. The average molecular weight is 637 g/mol. The number of aromatic nitrogens is 1. The number of nitrogens with one attached hydrogen (secondary N) is 1. The number of amides is 1. The van der Waals surface area contributed by atoms with Gasteiger partial charge in [0.1, 0.15) is 17.0 Å². The molecule has 1 aromatic heterocycles. The van der Waals surface area contributed by atoms with E-state index in [1.165, 1.54) is 0 Å². The summed E-state index contributed by atoms with van der Waals surface area (Å²) in [6.07, 6.45) is 5.13. The van der Waals surface area contributed by atoms with Crippen molar-refractivity contribution < 1.29 is 19.4 Å². The standard InChI is InChI=1S/C32H38ClN3O4.2ClH/c1-22-11-6-7-12-24(22)25-14-16-27(30(37)35-32(31(38)39)17-8-4-5-9-18-32)34-29(25)23-13-15-26(33)28(21-23)40-20-10-19-36(2)3;;/h6-7,11-16,21H,4-5,8-10,17-20H2,1-3H3,(H,35,37)(H,38,39);2*1H. The number of rotatable bonds is 10. The molecule has 0 saturated heterocycles. The fourth-order valence-electron chi connectivity index (χ4n) is 5.23. The van der Waals surface area contributed by atoms with Gasteiger partial charge in [0.25, 0.3) is 5.91 Å². The summed E-state index contributed by atoms with van der Waals surface area (Å²) in [5.41, 5.74) is 3.16. The molecular formula is C32H40Cl3N3O4. The van der Waals surface area contributed by atoms with Gasteiger partial charge in [0.05, 0.1) is 17.3 Å². The SMILES string of the molecule is Cc1ccccc1-c1ccc(C(=O)NC2(C(=O)O)CCCCCC2)nc1-c1ccc(Cl)c(OCCCN(C)C)c1.Cl.Cl. The second kappa shape index (κ2) is 16.1. The van der Waals surface area contributed by atoms with Crippen LogP contribution in [-0.2, 0) is 4.79 Å². The van der Waals surface area contributed by atoms with Gasteiger partial charge in [0.15, 0.2) is 0 Å². The quantitative estimate of drug-likeness (QED) is 0.177. The summed E-state index contributed by atoms with van der Waals surface area (Å²) in [6.45, 7) is 3.44. The maximum absolute atomic E-state index is 13.5. The monoisotopic (exact) mass is 635 g/mol. The molecule has 1 aliphatic carbocycles. The number of carboxylic acids is 1. The maximum atomic E-state index is 13.5. The third-order valence-corrected chi connectivity index (χ3v) is 7.81. The Labute approximate surface area is 265 Å². The van der Waals surface area contributed by atoms with Crippen molar-refractivity contribution in [2.24, 2.45) is 0 Å². The van der Waals surface area contributed by atoms with E-state index in [-0.39, 0.29) is 30.5 Å². The zero-order valence-electron chi connectivity index (χ0n) is 24.3. The average Bonchev–Trinajstić information content (AvgIpc) is 3.18. The first-order chi connectivity index (χ1) is 19.2. The zero-order valence-corrected chi connectivity index (χ0v) is 26.7. The Hall–Kier alpha value is -2.84. The Morgan fingerprint density at radius 1 is 1.00 bits per heavy atom. The summed E-state index contributed by atoms with van der Waals surface area (Å²) in [5, 5.41) is 13.4. The van der Waals surface area contributed by atoms with Gasteiger partial charge in [0, 0.05) is 17.7 Å². The van der Waals surface area contributed by atoms with E-state index < -0.39 is 17.4 Å². The minimum absolute atomic E-state index is 0. The molecule has 228 valence electrons. The smallest absolute Gasteiger partial charge is 0.329 e. The van der Waals surface area contributed by atoms with Gasteiger partial charge in [-0.15, -0.1) is 24.8 Å². The van der Waals surface area contributed by atoms with Crippen molar-refractivity contribution in [3.05, 3.63) is 70.9 Å². The molecule has 0 radical (unpaired) electrons. The molecule has 42 heavy (non-hydrogen) atoms. The molecule has 1 heterocycles. The summed E-state index contributed by atoms with van der Waals surface area (Å²) in [4.78, 5) is 32.7. The number of aryl methyl sites for hydroxylation is 1. The fourth-order valence-corrected chi connectivity index (χ4v) is 5.40. The summed E-state index contributed by atoms with van der Waals surface area (Å²) < 4.78 is 6.02. The normalized spacial score (nSPS) is 14.2. The summed E-state index contributed by atoms with van der Waals surface area (Å²) in [6, 6.07) is 17.1. The van der Waals surface area contributed by atoms with Crippen LogP contribution in [0, 0.1) is 6.92 Å². The number of benzene rings is 2. The predicted molar refractivity (Wildman–Crippen MR) is 174 cm³/mol. The highest BCUT2D eigenvalue weighted by Gasteiger charge is 2.40. The molecule has 1 fully saturated rings. The van der Waals surface area contributed by atoms with Crippen LogP contribution in [0.15, 0.2) is 54.6 Å². The number of hydrogen-bond acceptors (Lipinski definition) is 5. The lowest BCUT2D eigenvalue weighted by Gasteiger charge is -2.29. The molecular weight excluding hydrogens is 597 g/mol. The highest BCUT2D eigenvalue weighted by Crippen LogP contribution is 2.37. The molecule has 0 unspecified atom stereocenters. The van der Waals surface area contributed by atoms with Crippen LogP contribution < -0.4 is 10.1 Å². The second-order valence-corrected chi connectivity index (χ2v) is 11.2. The van der Waals surface area contributed by atoms with E-state index in [0.29, 0.717) is 35.9 Å². The van der Waals surface area contributed by atoms with Crippen LogP contribution >= 0.6 is 36.4 Å². The molecule has 3 aromatic rings. The van der Waals surface area contributed by atoms with Gasteiger partial charge in [-0.2, -0.15) is 0 Å². The fraction of sp³-hybridized carbons (Fsp3) is 0.406. The van der Waals surface area contributed by atoms with Crippen LogP contribution in [0.25, 0.3) is 22.4 Å². The third kappa shape index (κ3) is 8.60. The minimum Gasteiger partial charge on any atom is -0.492 e. The molecule has 10 heteroatoms. The summed E-state index contributed by atoms with van der Waals surface area (Å²) >= 11 is 6.48. The van der Waals surface area contributed by atoms with E-state index in [9.17, 15) is 14.7 Å². The van der Waals surface area contributed by atoms with Crippen LogP contribution in [0.3, 0.4) is 0 Å². The Balaban J connectivity index is 0.00000308. The van der Waals surface area contributed by atoms with Crippen LogP contribution in [0.1, 0.15) is 61.0 Å². The molecule has 0 aliphatic heterocycles. The molecule has 4 rings (SSSR count).